The number of carbonyl (C=O) groups is 1. The molecule has 3 rings (SSSR count). The first-order valence-electron chi connectivity index (χ1n) is 7.63. The zero-order chi connectivity index (χ0) is 14.3. The van der Waals surface area contributed by atoms with Gasteiger partial charge in [0.05, 0.1) is 6.33 Å². The molecule has 110 valence electrons. The molecule has 0 bridgehead atoms. The molecule has 1 aromatic rings. The summed E-state index contributed by atoms with van der Waals surface area (Å²) in [6, 6.07) is 1.34. The van der Waals surface area contributed by atoms with Crippen molar-refractivity contribution in [2.75, 3.05) is 13.1 Å². The Morgan fingerprint density at radius 2 is 2.15 bits per heavy atom. The number of amides is 1. The minimum atomic E-state index is -0.0353. The second kappa shape index (κ2) is 5.20. The lowest BCUT2D eigenvalue weighted by Crippen LogP contribution is -2.40. The summed E-state index contributed by atoms with van der Waals surface area (Å²) in [7, 11) is 0. The fourth-order valence-corrected chi connectivity index (χ4v) is 2.88. The maximum atomic E-state index is 12.3. The summed E-state index contributed by atoms with van der Waals surface area (Å²) >= 11 is 0. The van der Waals surface area contributed by atoms with Crippen molar-refractivity contribution in [3.63, 3.8) is 0 Å². The summed E-state index contributed by atoms with van der Waals surface area (Å²) in [6.07, 6.45) is 6.08. The summed E-state index contributed by atoms with van der Waals surface area (Å²) in [5.74, 6) is 0.457. The lowest BCUT2D eigenvalue weighted by molar-refractivity contribution is 0.0926. The van der Waals surface area contributed by atoms with Crippen molar-refractivity contribution in [3.05, 3.63) is 18.2 Å². The smallest absolute Gasteiger partial charge is 0.271 e. The highest BCUT2D eigenvalue weighted by Crippen LogP contribution is 2.34. The fraction of sp³-hybridized carbons (Fsp3) is 0.733. The quantitative estimate of drug-likeness (QED) is 0.910. The van der Waals surface area contributed by atoms with Crippen LogP contribution in [0.4, 0.5) is 0 Å². The van der Waals surface area contributed by atoms with Crippen LogP contribution in [0.2, 0.25) is 0 Å². The summed E-state index contributed by atoms with van der Waals surface area (Å²) in [4.78, 5) is 18.9. The number of nitrogens with one attached hydrogen (secondary N) is 1. The molecule has 1 aromatic heterocycles. The average molecular weight is 276 g/mol. The minimum absolute atomic E-state index is 0.0353. The first kappa shape index (κ1) is 13.6. The van der Waals surface area contributed by atoms with E-state index in [0.717, 1.165) is 13.1 Å². The number of carbonyl (C=O) groups excluding carboxylic acids is 1. The zero-order valence-corrected chi connectivity index (χ0v) is 12.5. The van der Waals surface area contributed by atoms with E-state index in [-0.39, 0.29) is 11.9 Å². The molecule has 0 spiro atoms. The predicted molar refractivity (Wildman–Crippen MR) is 77.6 cm³/mol. The molecular formula is C15H24N4O. The standard InChI is InChI=1S/C15H24N4O/c1-10(2)18-6-11(3)13(7-18)17-15(20)14-8-19(9-16-14)12-4-5-12/h8-13H,4-7H2,1-3H3,(H,17,20)/t11-,13+/m0/s1. The third-order valence-electron chi connectivity index (χ3n) is 4.49. The minimum Gasteiger partial charge on any atom is -0.346 e. The molecule has 20 heavy (non-hydrogen) atoms. The second-order valence-electron chi connectivity index (χ2n) is 6.54. The summed E-state index contributed by atoms with van der Waals surface area (Å²) < 4.78 is 2.06. The molecule has 1 aliphatic heterocycles. The molecule has 2 fully saturated rings. The Kier molecular flexibility index (Phi) is 3.54. The summed E-state index contributed by atoms with van der Waals surface area (Å²) in [6.45, 7) is 8.60. The van der Waals surface area contributed by atoms with Gasteiger partial charge in [0.1, 0.15) is 5.69 Å². The Morgan fingerprint density at radius 3 is 2.75 bits per heavy atom. The molecule has 2 atom stereocenters. The molecule has 0 radical (unpaired) electrons. The highest BCUT2D eigenvalue weighted by molar-refractivity contribution is 5.92. The van der Waals surface area contributed by atoms with Crippen LogP contribution in [0, 0.1) is 5.92 Å². The molecule has 1 saturated carbocycles. The van der Waals surface area contributed by atoms with Gasteiger partial charge in [0.2, 0.25) is 0 Å². The molecule has 0 unspecified atom stereocenters. The van der Waals surface area contributed by atoms with E-state index in [9.17, 15) is 4.79 Å². The molecule has 2 aliphatic rings. The second-order valence-corrected chi connectivity index (χ2v) is 6.54. The van der Waals surface area contributed by atoms with Gasteiger partial charge in [-0.25, -0.2) is 4.98 Å². The summed E-state index contributed by atoms with van der Waals surface area (Å²) in [5.41, 5.74) is 0.548. The average Bonchev–Trinajstić information content (AvgIpc) is 3.01. The number of hydrogen-bond donors (Lipinski definition) is 1. The van der Waals surface area contributed by atoms with E-state index in [0.29, 0.717) is 23.7 Å². The Hall–Kier alpha value is -1.36. The van der Waals surface area contributed by atoms with Crippen molar-refractivity contribution >= 4 is 5.91 Å². The number of rotatable bonds is 4. The maximum Gasteiger partial charge on any atom is 0.271 e. The van der Waals surface area contributed by atoms with Gasteiger partial charge in [-0.1, -0.05) is 6.92 Å². The van der Waals surface area contributed by atoms with E-state index in [2.05, 4.69) is 40.5 Å². The largest absolute Gasteiger partial charge is 0.346 e. The zero-order valence-electron chi connectivity index (χ0n) is 12.5. The van der Waals surface area contributed by atoms with E-state index in [1.807, 2.05) is 6.20 Å². The SMILES string of the molecule is CC(C)N1C[C@H](C)[C@H](NC(=O)c2cn(C3CC3)cn2)C1. The van der Waals surface area contributed by atoms with E-state index in [1.165, 1.54) is 12.8 Å². The van der Waals surface area contributed by atoms with Crippen molar-refractivity contribution in [3.8, 4) is 0 Å². The summed E-state index contributed by atoms with van der Waals surface area (Å²) in [5, 5.41) is 3.15. The van der Waals surface area contributed by atoms with Crippen LogP contribution in [0.1, 0.15) is 50.1 Å². The fourth-order valence-electron chi connectivity index (χ4n) is 2.88. The van der Waals surface area contributed by atoms with Crippen LogP contribution >= 0.6 is 0 Å². The normalized spacial score (nSPS) is 27.2. The Balaban J connectivity index is 1.60. The number of nitrogens with zero attached hydrogens (tertiary/aromatic N) is 3. The van der Waals surface area contributed by atoms with Gasteiger partial charge in [0.15, 0.2) is 0 Å². The predicted octanol–water partition coefficient (Wildman–Crippen LogP) is 1.68. The van der Waals surface area contributed by atoms with Crippen molar-refractivity contribution in [2.45, 2.75) is 51.7 Å². The van der Waals surface area contributed by atoms with E-state index >= 15 is 0 Å². The highest BCUT2D eigenvalue weighted by atomic mass is 16.2. The van der Waals surface area contributed by atoms with Gasteiger partial charge in [0, 0.05) is 37.4 Å². The molecule has 5 nitrogen and oxygen atoms in total. The first-order valence-corrected chi connectivity index (χ1v) is 7.63. The van der Waals surface area contributed by atoms with Crippen LogP contribution in [0.5, 0.6) is 0 Å². The molecule has 1 N–H and O–H groups in total. The Labute approximate surface area is 120 Å². The lowest BCUT2D eigenvalue weighted by Gasteiger charge is -2.20. The maximum absolute atomic E-state index is 12.3. The lowest BCUT2D eigenvalue weighted by atomic mass is 10.1. The van der Waals surface area contributed by atoms with Crippen LogP contribution in [0.15, 0.2) is 12.5 Å². The number of hydrogen-bond acceptors (Lipinski definition) is 3. The number of aromatic nitrogens is 2. The van der Waals surface area contributed by atoms with E-state index < -0.39 is 0 Å². The Bertz CT molecular complexity index is 492. The molecule has 0 aromatic carbocycles. The van der Waals surface area contributed by atoms with Gasteiger partial charge < -0.3 is 9.88 Å². The van der Waals surface area contributed by atoms with Crippen molar-refractivity contribution in [1.82, 2.24) is 19.8 Å². The monoisotopic (exact) mass is 276 g/mol. The van der Waals surface area contributed by atoms with Crippen LogP contribution < -0.4 is 5.32 Å². The van der Waals surface area contributed by atoms with Crippen LogP contribution in [-0.4, -0.2) is 45.5 Å². The van der Waals surface area contributed by atoms with Gasteiger partial charge in [-0.05, 0) is 32.6 Å². The van der Waals surface area contributed by atoms with Crippen LogP contribution in [0.25, 0.3) is 0 Å². The van der Waals surface area contributed by atoms with Gasteiger partial charge in [-0.2, -0.15) is 0 Å². The van der Waals surface area contributed by atoms with Crippen molar-refractivity contribution in [1.29, 1.82) is 0 Å². The molecule has 1 saturated heterocycles. The molecule has 1 aliphatic carbocycles. The third kappa shape index (κ3) is 2.73. The number of likely N-dealkylation sites (tertiary alicyclic amines) is 1. The molecule has 5 heteroatoms. The van der Waals surface area contributed by atoms with Crippen LogP contribution in [-0.2, 0) is 0 Å². The third-order valence-corrected chi connectivity index (χ3v) is 4.49. The van der Waals surface area contributed by atoms with E-state index in [4.69, 9.17) is 0 Å². The molecule has 2 heterocycles. The van der Waals surface area contributed by atoms with Gasteiger partial charge in [-0.3, -0.25) is 9.69 Å². The highest BCUT2D eigenvalue weighted by Gasteiger charge is 2.32. The Morgan fingerprint density at radius 1 is 1.40 bits per heavy atom. The topological polar surface area (TPSA) is 50.2 Å². The van der Waals surface area contributed by atoms with Crippen molar-refractivity contribution in [2.24, 2.45) is 5.92 Å². The first-order chi connectivity index (χ1) is 9.54. The number of imidazole rings is 1. The van der Waals surface area contributed by atoms with Gasteiger partial charge in [0.25, 0.3) is 5.91 Å². The van der Waals surface area contributed by atoms with Gasteiger partial charge in [-0.15, -0.1) is 0 Å². The molecule has 1 amide bonds. The van der Waals surface area contributed by atoms with Crippen molar-refractivity contribution < 1.29 is 4.79 Å². The van der Waals surface area contributed by atoms with E-state index in [1.54, 1.807) is 6.33 Å². The van der Waals surface area contributed by atoms with Gasteiger partial charge >= 0.3 is 0 Å². The van der Waals surface area contributed by atoms with Crippen LogP contribution in [0.3, 0.4) is 0 Å². The molecular weight excluding hydrogens is 252 g/mol.